The third kappa shape index (κ3) is 3.34. The molecule has 3 nitrogen and oxygen atoms in total. The van der Waals surface area contributed by atoms with Crippen molar-refractivity contribution in [3.8, 4) is 11.5 Å². The second-order valence-corrected chi connectivity index (χ2v) is 5.93. The zero-order valence-electron chi connectivity index (χ0n) is 12.0. The van der Waals surface area contributed by atoms with Crippen LogP contribution in [0.2, 0.25) is 5.02 Å². The van der Waals surface area contributed by atoms with Gasteiger partial charge in [0.05, 0.1) is 18.7 Å². The zero-order valence-corrected chi connectivity index (χ0v) is 14.3. The highest BCUT2D eigenvalue weighted by molar-refractivity contribution is 9.10. The molecule has 2 rings (SSSR count). The van der Waals surface area contributed by atoms with Crippen LogP contribution >= 0.6 is 27.5 Å². The van der Waals surface area contributed by atoms with Gasteiger partial charge in [-0.05, 0) is 52.2 Å². The molecule has 0 fully saturated rings. The lowest BCUT2D eigenvalue weighted by Crippen LogP contribution is -2.04. The molecule has 2 aromatic rings. The zero-order chi connectivity index (χ0) is 15.6. The number of aryl methyl sites for hydroxylation is 1. The third-order valence-electron chi connectivity index (χ3n) is 3.28. The Labute approximate surface area is 137 Å². The van der Waals surface area contributed by atoms with E-state index in [2.05, 4.69) is 15.9 Å². The molecule has 0 aliphatic rings. The topological polar surface area (TPSA) is 38.7 Å². The van der Waals surface area contributed by atoms with Crippen molar-refractivity contribution in [1.29, 1.82) is 0 Å². The van der Waals surface area contributed by atoms with E-state index in [0.717, 1.165) is 11.3 Å². The summed E-state index contributed by atoms with van der Waals surface area (Å²) in [6.07, 6.45) is -0.857. The van der Waals surface area contributed by atoms with Crippen LogP contribution in [0.1, 0.15) is 22.8 Å². The Hall–Kier alpha value is -1.23. The maximum absolute atomic E-state index is 10.6. The quantitative estimate of drug-likeness (QED) is 0.859. The van der Waals surface area contributed by atoms with Crippen LogP contribution in [0.3, 0.4) is 0 Å². The van der Waals surface area contributed by atoms with Gasteiger partial charge in [-0.1, -0.05) is 23.7 Å². The van der Waals surface area contributed by atoms with Gasteiger partial charge in [0.25, 0.3) is 0 Å². The van der Waals surface area contributed by atoms with Crippen molar-refractivity contribution in [3.05, 3.63) is 56.5 Å². The number of aliphatic hydroxyl groups excluding tert-OH is 1. The Morgan fingerprint density at radius 1 is 1.14 bits per heavy atom. The Balaban J connectivity index is 2.51. The van der Waals surface area contributed by atoms with Crippen LogP contribution in [0, 0.1) is 6.92 Å². The minimum Gasteiger partial charge on any atom is -0.496 e. The Morgan fingerprint density at radius 3 is 2.48 bits per heavy atom. The average Bonchev–Trinajstić information content (AvgIpc) is 2.46. The molecule has 0 bridgehead atoms. The molecule has 1 unspecified atom stereocenters. The van der Waals surface area contributed by atoms with Gasteiger partial charge in [-0.25, -0.2) is 0 Å². The summed E-state index contributed by atoms with van der Waals surface area (Å²) in [5, 5.41) is 11.2. The maximum atomic E-state index is 10.6. The summed E-state index contributed by atoms with van der Waals surface area (Å²) < 4.78 is 11.4. The number of hydrogen-bond donors (Lipinski definition) is 1. The van der Waals surface area contributed by atoms with Crippen molar-refractivity contribution in [2.24, 2.45) is 0 Å². The summed E-state index contributed by atoms with van der Waals surface area (Å²) in [6, 6.07) is 9.00. The molecule has 0 heterocycles. The summed E-state index contributed by atoms with van der Waals surface area (Å²) in [7, 11) is 3.16. The minimum absolute atomic E-state index is 0.524. The molecule has 2 aromatic carbocycles. The van der Waals surface area contributed by atoms with Gasteiger partial charge < -0.3 is 14.6 Å². The lowest BCUT2D eigenvalue weighted by Gasteiger charge is -2.18. The van der Waals surface area contributed by atoms with E-state index in [1.54, 1.807) is 26.4 Å². The summed E-state index contributed by atoms with van der Waals surface area (Å²) in [5.41, 5.74) is 2.32. The number of ether oxygens (including phenoxy) is 2. The molecule has 1 N–H and O–H groups in total. The SMILES string of the molecule is COc1cc(C(O)c2cc(Cl)cc(Br)c2OC)ccc1C. The molecular formula is C16H16BrClO3. The van der Waals surface area contributed by atoms with Crippen LogP contribution in [0.25, 0.3) is 0 Å². The van der Waals surface area contributed by atoms with E-state index in [-0.39, 0.29) is 0 Å². The maximum Gasteiger partial charge on any atom is 0.139 e. The van der Waals surface area contributed by atoms with Crippen molar-refractivity contribution in [1.82, 2.24) is 0 Å². The highest BCUT2D eigenvalue weighted by Crippen LogP contribution is 2.39. The van der Waals surface area contributed by atoms with Gasteiger partial charge in [-0.3, -0.25) is 0 Å². The number of rotatable bonds is 4. The second kappa shape index (κ2) is 6.69. The standard InChI is InChI=1S/C16H16BrClO3/c1-9-4-5-10(6-14(9)20-2)15(19)12-7-11(18)8-13(17)16(12)21-3/h4-8,15,19H,1-3H3. The van der Waals surface area contributed by atoms with Crippen LogP contribution in [-0.4, -0.2) is 19.3 Å². The molecule has 21 heavy (non-hydrogen) atoms. The van der Waals surface area contributed by atoms with E-state index in [4.69, 9.17) is 21.1 Å². The minimum atomic E-state index is -0.857. The Kier molecular flexibility index (Phi) is 5.14. The van der Waals surface area contributed by atoms with Gasteiger partial charge in [-0.15, -0.1) is 0 Å². The smallest absolute Gasteiger partial charge is 0.139 e. The van der Waals surface area contributed by atoms with Crippen LogP contribution in [0.5, 0.6) is 11.5 Å². The Morgan fingerprint density at radius 2 is 1.86 bits per heavy atom. The summed E-state index contributed by atoms with van der Waals surface area (Å²) >= 11 is 9.47. The first kappa shape index (κ1) is 16.1. The van der Waals surface area contributed by atoms with E-state index in [9.17, 15) is 5.11 Å². The molecule has 1 atom stereocenters. The molecule has 0 aromatic heterocycles. The van der Waals surface area contributed by atoms with E-state index in [1.807, 2.05) is 25.1 Å². The molecule has 0 amide bonds. The predicted octanol–water partition coefficient (Wildman–Crippen LogP) is 4.51. The fourth-order valence-corrected chi connectivity index (χ4v) is 3.18. The second-order valence-electron chi connectivity index (χ2n) is 4.64. The van der Waals surface area contributed by atoms with Gasteiger partial charge in [0.2, 0.25) is 0 Å². The Bertz CT molecular complexity index is 658. The van der Waals surface area contributed by atoms with Crippen molar-refractivity contribution in [3.63, 3.8) is 0 Å². The van der Waals surface area contributed by atoms with E-state index in [0.29, 0.717) is 26.4 Å². The van der Waals surface area contributed by atoms with Crippen LogP contribution < -0.4 is 9.47 Å². The van der Waals surface area contributed by atoms with Gasteiger partial charge in [0.15, 0.2) is 0 Å². The van der Waals surface area contributed by atoms with Crippen molar-refractivity contribution in [2.75, 3.05) is 14.2 Å². The molecule has 5 heteroatoms. The van der Waals surface area contributed by atoms with E-state index < -0.39 is 6.10 Å². The molecule has 0 radical (unpaired) electrons. The van der Waals surface area contributed by atoms with Crippen LogP contribution in [0.4, 0.5) is 0 Å². The summed E-state index contributed by atoms with van der Waals surface area (Å²) in [6.45, 7) is 1.95. The molecular weight excluding hydrogens is 356 g/mol. The van der Waals surface area contributed by atoms with Crippen molar-refractivity contribution in [2.45, 2.75) is 13.0 Å². The normalized spacial score (nSPS) is 12.1. The van der Waals surface area contributed by atoms with Crippen molar-refractivity contribution >= 4 is 27.5 Å². The first-order valence-electron chi connectivity index (χ1n) is 6.33. The molecule has 0 aliphatic heterocycles. The molecule has 0 saturated carbocycles. The molecule has 0 saturated heterocycles. The number of aliphatic hydroxyl groups is 1. The fraction of sp³-hybridized carbons (Fsp3) is 0.250. The van der Waals surface area contributed by atoms with E-state index >= 15 is 0 Å². The van der Waals surface area contributed by atoms with Gasteiger partial charge in [0.1, 0.15) is 17.6 Å². The first-order chi connectivity index (χ1) is 9.97. The number of hydrogen-bond acceptors (Lipinski definition) is 3. The summed E-state index contributed by atoms with van der Waals surface area (Å²) in [4.78, 5) is 0. The first-order valence-corrected chi connectivity index (χ1v) is 7.50. The average molecular weight is 372 g/mol. The van der Waals surface area contributed by atoms with Gasteiger partial charge in [-0.2, -0.15) is 0 Å². The molecule has 0 aliphatic carbocycles. The largest absolute Gasteiger partial charge is 0.496 e. The summed E-state index contributed by atoms with van der Waals surface area (Å²) in [5.74, 6) is 1.29. The van der Waals surface area contributed by atoms with E-state index in [1.165, 1.54) is 0 Å². The highest BCUT2D eigenvalue weighted by atomic mass is 79.9. The lowest BCUT2D eigenvalue weighted by molar-refractivity contribution is 0.214. The molecule has 112 valence electrons. The number of methoxy groups -OCH3 is 2. The van der Waals surface area contributed by atoms with Crippen molar-refractivity contribution < 1.29 is 14.6 Å². The fourth-order valence-electron chi connectivity index (χ4n) is 2.18. The van der Waals surface area contributed by atoms with Crippen LogP contribution in [-0.2, 0) is 0 Å². The third-order valence-corrected chi connectivity index (χ3v) is 4.09. The van der Waals surface area contributed by atoms with Gasteiger partial charge >= 0.3 is 0 Å². The van der Waals surface area contributed by atoms with Gasteiger partial charge in [0, 0.05) is 10.6 Å². The number of halogens is 2. The predicted molar refractivity (Wildman–Crippen MR) is 87.5 cm³/mol. The number of benzene rings is 2. The monoisotopic (exact) mass is 370 g/mol. The molecule has 0 spiro atoms. The lowest BCUT2D eigenvalue weighted by atomic mass is 9.99. The van der Waals surface area contributed by atoms with Crippen LogP contribution in [0.15, 0.2) is 34.8 Å². The highest BCUT2D eigenvalue weighted by Gasteiger charge is 2.19.